The summed E-state index contributed by atoms with van der Waals surface area (Å²) in [7, 11) is 1.41. The Bertz CT molecular complexity index is 1010. The van der Waals surface area contributed by atoms with E-state index < -0.39 is 17.6 Å². The molecule has 0 aliphatic carbocycles. The molecule has 38 heavy (non-hydrogen) atoms. The van der Waals surface area contributed by atoms with Crippen molar-refractivity contribution in [2.45, 2.75) is 45.3 Å². The highest BCUT2D eigenvalue weighted by atomic mass is 16.6. The molecule has 0 bridgehead atoms. The van der Waals surface area contributed by atoms with Crippen LogP contribution >= 0.6 is 0 Å². The van der Waals surface area contributed by atoms with Crippen molar-refractivity contribution in [1.29, 1.82) is 0 Å². The number of hydrogen-bond acceptors (Lipinski definition) is 9. The largest absolute Gasteiger partial charge is 0.483 e. The molecule has 7 N–H and O–H groups in total. The van der Waals surface area contributed by atoms with Gasteiger partial charge in [0.1, 0.15) is 18.0 Å². The minimum atomic E-state index is -0.522. The van der Waals surface area contributed by atoms with E-state index in [2.05, 4.69) is 20.9 Å². The van der Waals surface area contributed by atoms with Crippen LogP contribution in [0.5, 0.6) is 0 Å². The van der Waals surface area contributed by atoms with Gasteiger partial charge in [0.05, 0.1) is 25.0 Å². The summed E-state index contributed by atoms with van der Waals surface area (Å²) in [5.41, 5.74) is 11.4. The van der Waals surface area contributed by atoms with E-state index in [0.717, 1.165) is 25.9 Å². The molecule has 12 nitrogen and oxygen atoms in total. The molecule has 1 aliphatic heterocycles. The minimum absolute atomic E-state index is 0.0594. The lowest BCUT2D eigenvalue weighted by Crippen LogP contribution is -2.46. The molecule has 1 fully saturated rings. The van der Waals surface area contributed by atoms with Crippen LogP contribution in [0.15, 0.2) is 48.1 Å². The third kappa shape index (κ3) is 11.5. The van der Waals surface area contributed by atoms with Gasteiger partial charge in [0.2, 0.25) is 5.91 Å². The van der Waals surface area contributed by atoms with Gasteiger partial charge in [-0.1, -0.05) is 12.1 Å². The first-order chi connectivity index (χ1) is 18.0. The fourth-order valence-electron chi connectivity index (χ4n) is 3.59. The van der Waals surface area contributed by atoms with Crippen LogP contribution < -0.4 is 27.4 Å². The first-order valence-corrected chi connectivity index (χ1v) is 12.4. The van der Waals surface area contributed by atoms with Crippen molar-refractivity contribution < 1.29 is 28.6 Å². The van der Waals surface area contributed by atoms with Crippen LogP contribution in [0.2, 0.25) is 0 Å². The Morgan fingerprint density at radius 1 is 1.11 bits per heavy atom. The van der Waals surface area contributed by atoms with E-state index in [0.29, 0.717) is 18.8 Å². The zero-order chi connectivity index (χ0) is 28.1. The monoisotopic (exact) mass is 532 g/mol. The average Bonchev–Trinajstić information content (AvgIpc) is 2.85. The summed E-state index contributed by atoms with van der Waals surface area (Å²) >= 11 is 0. The number of piperidine rings is 1. The van der Waals surface area contributed by atoms with Gasteiger partial charge in [0.15, 0.2) is 5.88 Å². The van der Waals surface area contributed by atoms with E-state index >= 15 is 0 Å². The lowest BCUT2D eigenvalue weighted by Gasteiger charge is -2.32. The third-order valence-corrected chi connectivity index (χ3v) is 5.46. The number of ether oxygens (including phenoxy) is 3. The quantitative estimate of drug-likeness (QED) is 0.161. The van der Waals surface area contributed by atoms with Gasteiger partial charge in [-0.05, 0) is 51.8 Å². The van der Waals surface area contributed by atoms with E-state index in [4.69, 9.17) is 25.7 Å². The molecule has 0 aromatic heterocycles. The van der Waals surface area contributed by atoms with Crippen LogP contribution in [-0.2, 0) is 19.0 Å². The number of rotatable bonds is 11. The lowest BCUT2D eigenvalue weighted by molar-refractivity contribution is -0.120. The SMILES string of the molecule is CO/C(N)=C/C=C(\N)NC(=O)c1ccccc1NC(=O)COCCN1CCC(NC(=O)OC(C)(C)C)CC1. The average molecular weight is 533 g/mol. The Morgan fingerprint density at radius 2 is 1.79 bits per heavy atom. The number of carbonyl (C=O) groups is 3. The Balaban J connectivity index is 1.72. The number of para-hydroxylation sites is 1. The van der Waals surface area contributed by atoms with Crippen molar-refractivity contribution in [2.24, 2.45) is 11.5 Å². The molecule has 1 aliphatic rings. The van der Waals surface area contributed by atoms with Crippen molar-refractivity contribution in [2.75, 3.05) is 45.3 Å². The normalized spacial score (nSPS) is 15.5. The van der Waals surface area contributed by atoms with Gasteiger partial charge in [-0.3, -0.25) is 9.59 Å². The Labute approximate surface area is 223 Å². The highest BCUT2D eigenvalue weighted by Gasteiger charge is 2.23. The fourth-order valence-corrected chi connectivity index (χ4v) is 3.59. The molecule has 0 radical (unpaired) electrons. The van der Waals surface area contributed by atoms with E-state index in [1.165, 1.54) is 19.3 Å². The van der Waals surface area contributed by atoms with Crippen LogP contribution in [0.25, 0.3) is 0 Å². The van der Waals surface area contributed by atoms with Gasteiger partial charge in [-0.2, -0.15) is 0 Å². The maximum Gasteiger partial charge on any atom is 0.407 e. The topological polar surface area (TPSA) is 170 Å². The predicted molar refractivity (Wildman–Crippen MR) is 144 cm³/mol. The molecule has 1 aromatic rings. The van der Waals surface area contributed by atoms with Crippen molar-refractivity contribution in [3.63, 3.8) is 0 Å². The van der Waals surface area contributed by atoms with Crippen LogP contribution in [0.4, 0.5) is 10.5 Å². The predicted octanol–water partition coefficient (Wildman–Crippen LogP) is 1.61. The Kier molecular flexibility index (Phi) is 11.9. The summed E-state index contributed by atoms with van der Waals surface area (Å²) in [6, 6.07) is 6.65. The van der Waals surface area contributed by atoms with Crippen molar-refractivity contribution >= 4 is 23.6 Å². The number of nitrogens with zero attached hydrogens (tertiary/aromatic N) is 1. The molecule has 2 rings (SSSR count). The van der Waals surface area contributed by atoms with Gasteiger partial charge in [0.25, 0.3) is 5.91 Å². The molecule has 1 aromatic carbocycles. The fraction of sp³-hybridized carbons (Fsp3) is 0.500. The van der Waals surface area contributed by atoms with Crippen LogP contribution in [0.3, 0.4) is 0 Å². The summed E-state index contributed by atoms with van der Waals surface area (Å²) in [5.74, 6) is -0.687. The number of nitrogens with one attached hydrogen (secondary N) is 3. The summed E-state index contributed by atoms with van der Waals surface area (Å²) in [6.07, 6.45) is 4.03. The number of benzene rings is 1. The highest BCUT2D eigenvalue weighted by Crippen LogP contribution is 2.15. The maximum absolute atomic E-state index is 12.6. The van der Waals surface area contributed by atoms with Crippen LogP contribution in [-0.4, -0.2) is 74.4 Å². The number of carbonyl (C=O) groups excluding carboxylic acids is 3. The van der Waals surface area contributed by atoms with Crippen LogP contribution in [0.1, 0.15) is 44.0 Å². The minimum Gasteiger partial charge on any atom is -0.483 e. The molecule has 210 valence electrons. The first kappa shape index (κ1) is 30.5. The Hall–Kier alpha value is -3.77. The molecule has 1 heterocycles. The molecule has 0 unspecified atom stereocenters. The smallest absolute Gasteiger partial charge is 0.407 e. The number of alkyl carbamates (subject to hydrolysis) is 1. The summed E-state index contributed by atoms with van der Waals surface area (Å²) in [6.45, 7) is 8.00. The van der Waals surface area contributed by atoms with Crippen molar-refractivity contribution in [3.05, 3.63) is 53.7 Å². The molecule has 12 heteroatoms. The summed E-state index contributed by atoms with van der Waals surface area (Å²) in [4.78, 5) is 39.2. The van der Waals surface area contributed by atoms with E-state index in [1.807, 2.05) is 20.8 Å². The molecule has 0 saturated carbocycles. The Morgan fingerprint density at radius 3 is 2.45 bits per heavy atom. The number of methoxy groups -OCH3 is 1. The molecular weight excluding hydrogens is 492 g/mol. The van der Waals surface area contributed by atoms with Crippen molar-refractivity contribution in [3.8, 4) is 0 Å². The van der Waals surface area contributed by atoms with Crippen molar-refractivity contribution in [1.82, 2.24) is 15.5 Å². The molecular formula is C26H40N6O6. The number of allylic oxidation sites excluding steroid dienone is 2. The summed E-state index contributed by atoms with van der Waals surface area (Å²) in [5, 5.41) is 8.14. The van der Waals surface area contributed by atoms with Gasteiger partial charge in [-0.25, -0.2) is 4.79 Å². The molecule has 3 amide bonds. The number of anilines is 1. The second kappa shape index (κ2) is 14.8. The summed E-state index contributed by atoms with van der Waals surface area (Å²) < 4.78 is 15.7. The van der Waals surface area contributed by atoms with Gasteiger partial charge in [-0.15, -0.1) is 0 Å². The number of likely N-dealkylation sites (tertiary alicyclic amines) is 1. The molecule has 0 spiro atoms. The zero-order valence-corrected chi connectivity index (χ0v) is 22.5. The van der Waals surface area contributed by atoms with E-state index in [1.54, 1.807) is 24.3 Å². The maximum atomic E-state index is 12.6. The second-order valence-corrected chi connectivity index (χ2v) is 9.76. The standard InChI is InChI=1S/C26H40N6O6/c1-26(2,3)38-25(35)29-18-11-13-32(14-12-18)15-16-37-17-23(33)30-20-8-6-5-7-19(20)24(34)31-21(27)9-10-22(28)36-4/h5-10,18H,11-17,27-28H2,1-4H3,(H,29,35)(H,30,33)(H,31,34)/b21-9+,22-10+. The first-order valence-electron chi connectivity index (χ1n) is 12.4. The zero-order valence-electron chi connectivity index (χ0n) is 22.5. The van der Waals surface area contributed by atoms with Crippen LogP contribution in [0, 0.1) is 0 Å². The number of nitrogens with two attached hydrogens (primary N) is 2. The molecule has 0 atom stereocenters. The van der Waals surface area contributed by atoms with E-state index in [9.17, 15) is 14.4 Å². The lowest BCUT2D eigenvalue weighted by atomic mass is 10.1. The number of amides is 3. The third-order valence-electron chi connectivity index (χ3n) is 5.46. The highest BCUT2D eigenvalue weighted by molar-refractivity contribution is 6.04. The van der Waals surface area contributed by atoms with Gasteiger partial charge in [0, 0.05) is 31.8 Å². The van der Waals surface area contributed by atoms with E-state index in [-0.39, 0.29) is 35.8 Å². The number of hydrogen-bond donors (Lipinski definition) is 5. The van der Waals surface area contributed by atoms with Gasteiger partial charge >= 0.3 is 6.09 Å². The van der Waals surface area contributed by atoms with Gasteiger partial charge < -0.3 is 46.5 Å². The second-order valence-electron chi connectivity index (χ2n) is 9.76. The molecule has 1 saturated heterocycles.